The molecule has 0 radical (unpaired) electrons. The van der Waals surface area contributed by atoms with Crippen LogP contribution in [-0.4, -0.2) is 76.5 Å². The minimum Gasteiger partial charge on any atom is -0.497 e. The number of fused-ring (bicyclic) bond motifs is 1. The molecule has 200 valence electrons. The Morgan fingerprint density at radius 3 is 2.46 bits per heavy atom. The zero-order chi connectivity index (χ0) is 26.4. The lowest BCUT2D eigenvalue weighted by atomic mass is 10.1. The van der Waals surface area contributed by atoms with Gasteiger partial charge in [-0.1, -0.05) is 23.5 Å². The summed E-state index contributed by atoms with van der Waals surface area (Å²) >= 11 is 1.53. The lowest BCUT2D eigenvalue weighted by Gasteiger charge is -2.27. The summed E-state index contributed by atoms with van der Waals surface area (Å²) in [5.41, 5.74) is 3.14. The van der Waals surface area contributed by atoms with Gasteiger partial charge in [0.25, 0.3) is 0 Å². The van der Waals surface area contributed by atoms with E-state index in [2.05, 4.69) is 24.0 Å². The van der Waals surface area contributed by atoms with Crippen molar-refractivity contribution in [3.05, 3.63) is 47.5 Å². The molecule has 2 heterocycles. The molecule has 10 heteroatoms. The number of nitrogens with zero attached hydrogens (tertiary/aromatic N) is 3. The molecule has 37 heavy (non-hydrogen) atoms. The van der Waals surface area contributed by atoms with E-state index in [1.807, 2.05) is 6.92 Å². The standard InChI is InChI=1S/C27H35N3O5S2/c1-20-7-8-21(2)26-25(20)28-27(36-26)30(14-5-13-29-15-17-35-18-16-29)24(31)6-4-19-37(32,33)23-11-9-22(34-3)10-12-23/h7-12H,4-6,13-19H2,1-3H3. The largest absolute Gasteiger partial charge is 0.497 e. The van der Waals surface area contributed by atoms with E-state index in [1.54, 1.807) is 29.2 Å². The molecule has 1 aliphatic heterocycles. The summed E-state index contributed by atoms with van der Waals surface area (Å²) in [6.07, 6.45) is 1.20. The van der Waals surface area contributed by atoms with Crippen LogP contribution in [-0.2, 0) is 19.4 Å². The van der Waals surface area contributed by atoms with Gasteiger partial charge in [-0.2, -0.15) is 0 Å². The number of hydrogen-bond acceptors (Lipinski definition) is 8. The highest BCUT2D eigenvalue weighted by Crippen LogP contribution is 2.33. The van der Waals surface area contributed by atoms with Crippen molar-refractivity contribution in [2.75, 3.05) is 57.2 Å². The highest BCUT2D eigenvalue weighted by atomic mass is 32.2. The molecule has 4 rings (SSSR count). The molecule has 0 bridgehead atoms. The first kappa shape index (κ1) is 27.5. The van der Waals surface area contributed by atoms with Gasteiger partial charge in [-0.05, 0) is 62.1 Å². The highest BCUT2D eigenvalue weighted by Gasteiger charge is 2.23. The molecular weight excluding hydrogens is 510 g/mol. The Morgan fingerprint density at radius 1 is 1.08 bits per heavy atom. The number of sulfone groups is 1. The summed E-state index contributed by atoms with van der Waals surface area (Å²) in [5, 5.41) is 0.678. The van der Waals surface area contributed by atoms with Crippen molar-refractivity contribution in [1.82, 2.24) is 9.88 Å². The maximum Gasteiger partial charge on any atom is 0.228 e. The van der Waals surface area contributed by atoms with E-state index in [9.17, 15) is 13.2 Å². The Bertz CT molecular complexity index is 1280. The number of carbonyl (C=O) groups is 1. The van der Waals surface area contributed by atoms with Crippen LogP contribution in [0.4, 0.5) is 5.13 Å². The predicted molar refractivity (Wildman–Crippen MR) is 148 cm³/mol. The Morgan fingerprint density at radius 2 is 1.78 bits per heavy atom. The number of aryl methyl sites for hydroxylation is 2. The van der Waals surface area contributed by atoms with E-state index in [1.165, 1.54) is 18.4 Å². The van der Waals surface area contributed by atoms with Crippen molar-refractivity contribution in [2.45, 2.75) is 38.0 Å². The first-order chi connectivity index (χ1) is 17.8. The Kier molecular flexibility index (Phi) is 9.17. The topological polar surface area (TPSA) is 89.0 Å². The van der Waals surface area contributed by atoms with E-state index in [0.717, 1.165) is 60.6 Å². The number of hydrogen-bond donors (Lipinski definition) is 0. The number of methoxy groups -OCH3 is 1. The quantitative estimate of drug-likeness (QED) is 0.356. The maximum absolute atomic E-state index is 13.4. The lowest BCUT2D eigenvalue weighted by molar-refractivity contribution is -0.118. The molecule has 1 fully saturated rings. The molecule has 2 aromatic carbocycles. The van der Waals surface area contributed by atoms with Gasteiger partial charge in [-0.3, -0.25) is 14.6 Å². The van der Waals surface area contributed by atoms with Gasteiger partial charge in [0.1, 0.15) is 5.75 Å². The molecule has 0 atom stereocenters. The minimum absolute atomic E-state index is 0.0925. The highest BCUT2D eigenvalue weighted by molar-refractivity contribution is 7.91. The van der Waals surface area contributed by atoms with Crippen molar-refractivity contribution in [2.24, 2.45) is 0 Å². The second-order valence-corrected chi connectivity index (χ2v) is 12.4. The van der Waals surface area contributed by atoms with Crippen LogP contribution in [0.3, 0.4) is 0 Å². The van der Waals surface area contributed by atoms with Crippen LogP contribution in [0.25, 0.3) is 10.2 Å². The second-order valence-electron chi connectivity index (χ2n) is 9.32. The number of ether oxygens (including phenoxy) is 2. The minimum atomic E-state index is -3.49. The molecule has 0 saturated carbocycles. The van der Waals surface area contributed by atoms with Gasteiger partial charge in [0.15, 0.2) is 15.0 Å². The Hall–Kier alpha value is -2.53. The molecule has 0 spiro atoms. The number of carbonyl (C=O) groups excluding carboxylic acids is 1. The van der Waals surface area contributed by atoms with Crippen LogP contribution < -0.4 is 9.64 Å². The fraction of sp³-hybridized carbons (Fsp3) is 0.481. The predicted octanol–water partition coefficient (Wildman–Crippen LogP) is 4.23. The van der Waals surface area contributed by atoms with Crippen LogP contribution in [0.15, 0.2) is 41.3 Å². The fourth-order valence-corrected chi connectivity index (χ4v) is 6.88. The first-order valence-corrected chi connectivity index (χ1v) is 15.1. The molecule has 1 aromatic heterocycles. The van der Waals surface area contributed by atoms with Crippen LogP contribution in [0, 0.1) is 13.8 Å². The molecule has 0 N–H and O–H groups in total. The fourth-order valence-electron chi connectivity index (χ4n) is 4.42. The van der Waals surface area contributed by atoms with Crippen LogP contribution in [0.1, 0.15) is 30.4 Å². The van der Waals surface area contributed by atoms with Crippen molar-refractivity contribution < 1.29 is 22.7 Å². The number of morpholine rings is 1. The summed E-state index contributed by atoms with van der Waals surface area (Å²) in [6, 6.07) is 10.5. The summed E-state index contributed by atoms with van der Waals surface area (Å²) in [5.74, 6) is 0.412. The third kappa shape index (κ3) is 6.87. The summed E-state index contributed by atoms with van der Waals surface area (Å²) in [6.45, 7) is 8.77. The van der Waals surface area contributed by atoms with Crippen molar-refractivity contribution >= 4 is 42.4 Å². The van der Waals surface area contributed by atoms with Gasteiger partial charge in [0.2, 0.25) is 5.91 Å². The number of anilines is 1. The smallest absolute Gasteiger partial charge is 0.228 e. The average molecular weight is 546 g/mol. The zero-order valence-electron chi connectivity index (χ0n) is 21.7. The number of thiazole rings is 1. The average Bonchev–Trinajstić information content (AvgIpc) is 3.36. The van der Waals surface area contributed by atoms with E-state index in [4.69, 9.17) is 14.5 Å². The summed E-state index contributed by atoms with van der Waals surface area (Å²) in [4.78, 5) is 22.6. The third-order valence-electron chi connectivity index (χ3n) is 6.64. The molecule has 1 amide bonds. The summed E-state index contributed by atoms with van der Waals surface area (Å²) in [7, 11) is -1.95. The van der Waals surface area contributed by atoms with E-state index in [0.29, 0.717) is 17.4 Å². The number of benzene rings is 2. The molecule has 1 saturated heterocycles. The van der Waals surface area contributed by atoms with Gasteiger partial charge < -0.3 is 9.47 Å². The van der Waals surface area contributed by atoms with E-state index in [-0.39, 0.29) is 29.4 Å². The molecule has 0 aliphatic carbocycles. The van der Waals surface area contributed by atoms with Crippen molar-refractivity contribution in [3.8, 4) is 5.75 Å². The molecule has 0 unspecified atom stereocenters. The van der Waals surface area contributed by atoms with Crippen LogP contribution in [0.5, 0.6) is 5.75 Å². The third-order valence-corrected chi connectivity index (χ3v) is 9.68. The first-order valence-electron chi connectivity index (χ1n) is 12.6. The van der Waals surface area contributed by atoms with E-state index < -0.39 is 9.84 Å². The van der Waals surface area contributed by atoms with E-state index >= 15 is 0 Å². The lowest BCUT2D eigenvalue weighted by Crippen LogP contribution is -2.39. The van der Waals surface area contributed by atoms with Crippen molar-refractivity contribution in [1.29, 1.82) is 0 Å². The maximum atomic E-state index is 13.4. The van der Waals surface area contributed by atoms with Crippen LogP contribution in [0.2, 0.25) is 0 Å². The van der Waals surface area contributed by atoms with Gasteiger partial charge in [-0.15, -0.1) is 0 Å². The van der Waals surface area contributed by atoms with Gasteiger partial charge in [0, 0.05) is 32.6 Å². The van der Waals surface area contributed by atoms with Gasteiger partial charge in [0.05, 0.1) is 41.2 Å². The van der Waals surface area contributed by atoms with Gasteiger partial charge in [-0.25, -0.2) is 13.4 Å². The number of amides is 1. The normalized spacial score (nSPS) is 14.7. The molecular formula is C27H35N3O5S2. The number of aromatic nitrogens is 1. The zero-order valence-corrected chi connectivity index (χ0v) is 23.4. The molecule has 3 aromatic rings. The van der Waals surface area contributed by atoms with Crippen molar-refractivity contribution in [3.63, 3.8) is 0 Å². The molecule has 1 aliphatic rings. The van der Waals surface area contributed by atoms with Gasteiger partial charge >= 0.3 is 0 Å². The monoisotopic (exact) mass is 545 g/mol. The van der Waals surface area contributed by atoms with Crippen LogP contribution >= 0.6 is 11.3 Å². The Balaban J connectivity index is 1.45. The SMILES string of the molecule is COc1ccc(S(=O)(=O)CCCC(=O)N(CCCN2CCOCC2)c2nc3c(C)ccc(C)c3s2)cc1. The molecule has 8 nitrogen and oxygen atoms in total. The summed E-state index contributed by atoms with van der Waals surface area (Å²) < 4.78 is 37.2. The second kappa shape index (κ2) is 12.3. The number of rotatable bonds is 11. The Labute approximate surface area is 223 Å².